The largest absolute Gasteiger partial charge is 0.316 e. The maximum atomic E-state index is 4.61. The van der Waals surface area contributed by atoms with Gasteiger partial charge in [-0.1, -0.05) is 6.92 Å². The number of nitrogens with zero attached hydrogens (tertiary/aromatic N) is 1. The molecule has 2 nitrogen and oxygen atoms in total. The van der Waals surface area contributed by atoms with Gasteiger partial charge >= 0.3 is 0 Å². The first-order valence-electron chi connectivity index (χ1n) is 4.58. The van der Waals surface area contributed by atoms with Gasteiger partial charge in [-0.25, -0.2) is 4.98 Å². The predicted octanol–water partition coefficient (Wildman–Crippen LogP) is 1.97. The van der Waals surface area contributed by atoms with Crippen molar-refractivity contribution < 1.29 is 0 Å². The highest BCUT2D eigenvalue weighted by Crippen LogP contribution is 2.21. The van der Waals surface area contributed by atoms with Gasteiger partial charge in [0.2, 0.25) is 0 Å². The number of aromatic nitrogens is 1. The maximum Gasteiger partial charge on any atom is 0.0928 e. The molecule has 0 saturated heterocycles. The standard InChI is InChI=1S/C9H14N2S.BrH/c1-2-9-11-7-3-5-10-6-4-8(7)12-9;/h10H,2-6H2,1H3;1H. The number of hydrogen-bond acceptors (Lipinski definition) is 3. The van der Waals surface area contributed by atoms with E-state index in [1.807, 2.05) is 11.3 Å². The van der Waals surface area contributed by atoms with Crippen LogP contribution in [0.4, 0.5) is 0 Å². The average Bonchev–Trinajstić information content (AvgIpc) is 2.37. The summed E-state index contributed by atoms with van der Waals surface area (Å²) in [6.07, 6.45) is 3.38. The number of halogens is 1. The van der Waals surface area contributed by atoms with Crippen LogP contribution >= 0.6 is 28.3 Å². The zero-order valence-electron chi connectivity index (χ0n) is 7.80. The van der Waals surface area contributed by atoms with Crippen molar-refractivity contribution in [3.05, 3.63) is 15.6 Å². The van der Waals surface area contributed by atoms with Crippen LogP contribution in [0.25, 0.3) is 0 Å². The molecule has 2 heterocycles. The molecule has 0 radical (unpaired) electrons. The molecule has 0 bridgehead atoms. The second-order valence-corrected chi connectivity index (χ2v) is 4.25. The third kappa shape index (κ3) is 2.51. The van der Waals surface area contributed by atoms with Gasteiger partial charge in [0, 0.05) is 24.4 Å². The highest BCUT2D eigenvalue weighted by molar-refractivity contribution is 8.93. The van der Waals surface area contributed by atoms with Crippen LogP contribution in [0.2, 0.25) is 0 Å². The van der Waals surface area contributed by atoms with Crippen LogP contribution in [0.1, 0.15) is 22.5 Å². The maximum absolute atomic E-state index is 4.61. The zero-order valence-corrected chi connectivity index (χ0v) is 10.3. The van der Waals surface area contributed by atoms with E-state index in [2.05, 4.69) is 17.2 Å². The van der Waals surface area contributed by atoms with Crippen molar-refractivity contribution in [2.45, 2.75) is 26.2 Å². The Labute approximate surface area is 93.5 Å². The van der Waals surface area contributed by atoms with Crippen molar-refractivity contribution in [1.29, 1.82) is 0 Å². The molecule has 1 aliphatic rings. The van der Waals surface area contributed by atoms with Gasteiger partial charge in [0.15, 0.2) is 0 Å². The van der Waals surface area contributed by atoms with Gasteiger partial charge in [-0.2, -0.15) is 0 Å². The van der Waals surface area contributed by atoms with Crippen molar-refractivity contribution >= 4 is 28.3 Å². The lowest BCUT2D eigenvalue weighted by Crippen LogP contribution is -2.16. The van der Waals surface area contributed by atoms with E-state index in [1.54, 1.807) is 0 Å². The van der Waals surface area contributed by atoms with E-state index in [-0.39, 0.29) is 17.0 Å². The normalized spacial score (nSPS) is 15.8. The summed E-state index contributed by atoms with van der Waals surface area (Å²) in [5, 5.41) is 4.69. The molecule has 74 valence electrons. The molecule has 1 N–H and O–H groups in total. The number of hydrogen-bond donors (Lipinski definition) is 1. The Morgan fingerprint density at radius 1 is 1.38 bits per heavy atom. The molecule has 0 aliphatic carbocycles. The molecule has 0 unspecified atom stereocenters. The summed E-state index contributed by atoms with van der Waals surface area (Å²) in [5.74, 6) is 0. The molecule has 0 amide bonds. The van der Waals surface area contributed by atoms with Crippen LogP contribution in [0.3, 0.4) is 0 Å². The SMILES string of the molecule is Br.CCc1nc2c(s1)CCNCC2. The lowest BCUT2D eigenvalue weighted by molar-refractivity contribution is 0.708. The smallest absolute Gasteiger partial charge is 0.0928 e. The Bertz CT molecular complexity index is 249. The van der Waals surface area contributed by atoms with E-state index in [9.17, 15) is 0 Å². The molecule has 0 saturated carbocycles. The number of rotatable bonds is 1. The van der Waals surface area contributed by atoms with Crippen LogP contribution in [0, 0.1) is 0 Å². The Balaban J connectivity index is 0.000000845. The minimum absolute atomic E-state index is 0. The topological polar surface area (TPSA) is 24.9 Å². The van der Waals surface area contributed by atoms with Crippen molar-refractivity contribution in [2.75, 3.05) is 13.1 Å². The van der Waals surface area contributed by atoms with Gasteiger partial charge < -0.3 is 5.32 Å². The Hall–Kier alpha value is 0.0700. The van der Waals surface area contributed by atoms with Crippen molar-refractivity contribution in [3.8, 4) is 0 Å². The van der Waals surface area contributed by atoms with E-state index in [1.165, 1.54) is 22.0 Å². The number of aryl methyl sites for hydroxylation is 1. The first-order chi connectivity index (χ1) is 5.90. The van der Waals surface area contributed by atoms with Gasteiger partial charge in [-0.3, -0.25) is 0 Å². The van der Waals surface area contributed by atoms with Crippen LogP contribution in [0.15, 0.2) is 0 Å². The number of nitrogens with one attached hydrogen (secondary N) is 1. The summed E-state index contributed by atoms with van der Waals surface area (Å²) in [4.78, 5) is 6.12. The summed E-state index contributed by atoms with van der Waals surface area (Å²) in [6, 6.07) is 0. The van der Waals surface area contributed by atoms with Gasteiger partial charge in [0.25, 0.3) is 0 Å². The molecular weight excluding hydrogens is 248 g/mol. The molecule has 0 spiro atoms. The third-order valence-electron chi connectivity index (χ3n) is 2.19. The van der Waals surface area contributed by atoms with Crippen LogP contribution < -0.4 is 5.32 Å². The molecule has 4 heteroatoms. The van der Waals surface area contributed by atoms with E-state index >= 15 is 0 Å². The quantitative estimate of drug-likeness (QED) is 0.838. The molecule has 0 fully saturated rings. The minimum Gasteiger partial charge on any atom is -0.316 e. The Morgan fingerprint density at radius 2 is 2.15 bits per heavy atom. The van der Waals surface area contributed by atoms with E-state index < -0.39 is 0 Å². The number of fused-ring (bicyclic) bond motifs is 1. The first kappa shape index (κ1) is 11.1. The monoisotopic (exact) mass is 262 g/mol. The molecule has 0 atom stereocenters. The second kappa shape index (κ2) is 5.08. The van der Waals surface area contributed by atoms with Crippen molar-refractivity contribution in [1.82, 2.24) is 10.3 Å². The van der Waals surface area contributed by atoms with Gasteiger partial charge in [0.1, 0.15) is 0 Å². The molecular formula is C9H15BrN2S. The van der Waals surface area contributed by atoms with Crippen LogP contribution in [-0.4, -0.2) is 18.1 Å². The van der Waals surface area contributed by atoms with Crippen molar-refractivity contribution in [2.24, 2.45) is 0 Å². The summed E-state index contributed by atoms with van der Waals surface area (Å²) in [7, 11) is 0. The van der Waals surface area contributed by atoms with Gasteiger partial charge in [-0.05, 0) is 12.8 Å². The van der Waals surface area contributed by atoms with E-state index in [0.717, 1.165) is 25.9 Å². The fourth-order valence-electron chi connectivity index (χ4n) is 1.51. The second-order valence-electron chi connectivity index (χ2n) is 3.08. The zero-order chi connectivity index (χ0) is 8.39. The summed E-state index contributed by atoms with van der Waals surface area (Å²) in [5.41, 5.74) is 1.35. The molecule has 0 aromatic carbocycles. The van der Waals surface area contributed by atoms with E-state index in [4.69, 9.17) is 0 Å². The lowest BCUT2D eigenvalue weighted by Gasteiger charge is -1.94. The van der Waals surface area contributed by atoms with Crippen LogP contribution in [0.5, 0.6) is 0 Å². The summed E-state index contributed by atoms with van der Waals surface area (Å²) in [6.45, 7) is 4.40. The highest BCUT2D eigenvalue weighted by atomic mass is 79.9. The Morgan fingerprint density at radius 3 is 2.92 bits per heavy atom. The molecule has 13 heavy (non-hydrogen) atoms. The summed E-state index contributed by atoms with van der Waals surface area (Å²) < 4.78 is 0. The first-order valence-corrected chi connectivity index (χ1v) is 5.40. The summed E-state index contributed by atoms with van der Waals surface area (Å²) >= 11 is 1.90. The van der Waals surface area contributed by atoms with E-state index in [0.29, 0.717) is 0 Å². The average molecular weight is 263 g/mol. The molecule has 2 rings (SSSR count). The van der Waals surface area contributed by atoms with Crippen LogP contribution in [-0.2, 0) is 19.3 Å². The Kier molecular flexibility index (Phi) is 4.35. The molecule has 1 aromatic rings. The van der Waals surface area contributed by atoms with Gasteiger partial charge in [0.05, 0.1) is 10.7 Å². The molecule has 1 aromatic heterocycles. The molecule has 1 aliphatic heterocycles. The highest BCUT2D eigenvalue weighted by Gasteiger charge is 2.12. The van der Waals surface area contributed by atoms with Gasteiger partial charge in [-0.15, -0.1) is 28.3 Å². The predicted molar refractivity (Wildman–Crippen MR) is 62.1 cm³/mol. The third-order valence-corrected chi connectivity index (χ3v) is 3.49. The lowest BCUT2D eigenvalue weighted by atomic mass is 10.2. The van der Waals surface area contributed by atoms with Crippen molar-refractivity contribution in [3.63, 3.8) is 0 Å². The minimum atomic E-state index is 0. The fourth-order valence-corrected chi connectivity index (χ4v) is 2.57. The fraction of sp³-hybridized carbons (Fsp3) is 0.667. The number of thiazole rings is 1.